The predicted octanol–water partition coefficient (Wildman–Crippen LogP) is 3.93. The van der Waals surface area contributed by atoms with Crippen LogP contribution in [0.5, 0.6) is 0 Å². The fraction of sp³-hybridized carbons (Fsp3) is 0.324. The van der Waals surface area contributed by atoms with Gasteiger partial charge in [-0.3, -0.25) is 25.1 Å². The van der Waals surface area contributed by atoms with Gasteiger partial charge in [0.25, 0.3) is 5.91 Å². The van der Waals surface area contributed by atoms with E-state index in [4.69, 9.17) is 15.1 Å². The van der Waals surface area contributed by atoms with Gasteiger partial charge in [-0.1, -0.05) is 24.3 Å². The second kappa shape index (κ2) is 13.7. The van der Waals surface area contributed by atoms with E-state index in [1.54, 1.807) is 43.3 Å². The fourth-order valence-electron chi connectivity index (χ4n) is 5.50. The van der Waals surface area contributed by atoms with Crippen molar-refractivity contribution in [2.24, 2.45) is 7.05 Å². The van der Waals surface area contributed by atoms with Crippen LogP contribution in [-0.2, 0) is 33.5 Å². The summed E-state index contributed by atoms with van der Waals surface area (Å²) >= 11 is 0. The normalized spacial score (nSPS) is 14.2. The van der Waals surface area contributed by atoms with Gasteiger partial charge in [0.05, 0.1) is 30.7 Å². The van der Waals surface area contributed by atoms with Crippen LogP contribution in [0.1, 0.15) is 54.0 Å². The highest BCUT2D eigenvalue weighted by molar-refractivity contribution is 6.11. The number of aryl methyl sites for hydroxylation is 1. The van der Waals surface area contributed by atoms with E-state index in [9.17, 15) is 14.4 Å². The number of likely N-dealkylation sites (tertiary alicyclic amines) is 1. The quantitative estimate of drug-likeness (QED) is 0.115. The molecule has 0 spiro atoms. The minimum atomic E-state index is -1.13. The first-order valence-electron chi connectivity index (χ1n) is 15.1. The van der Waals surface area contributed by atoms with Gasteiger partial charge in [0.1, 0.15) is 17.2 Å². The molecule has 3 aromatic carbocycles. The molecular formula is C34H39N7O4. The average molecular weight is 610 g/mol. The maximum Gasteiger partial charge on any atom is 0.319 e. The number of ether oxygens (including phenoxy) is 1. The molecule has 0 saturated carbocycles. The number of fused-ring (bicyclic) bond motifs is 1. The van der Waals surface area contributed by atoms with Crippen LogP contribution in [0.2, 0.25) is 0 Å². The summed E-state index contributed by atoms with van der Waals surface area (Å²) in [4.78, 5) is 45.0. The Morgan fingerprint density at radius 1 is 0.978 bits per heavy atom. The second-order valence-corrected chi connectivity index (χ2v) is 11.2. The zero-order valence-corrected chi connectivity index (χ0v) is 25.9. The first kappa shape index (κ1) is 31.4. The Kier molecular flexibility index (Phi) is 9.58. The average Bonchev–Trinajstić information content (AvgIpc) is 3.71. The van der Waals surface area contributed by atoms with Crippen LogP contribution in [0.25, 0.3) is 11.0 Å². The van der Waals surface area contributed by atoms with Crippen molar-refractivity contribution in [3.05, 3.63) is 95.3 Å². The molecule has 11 heteroatoms. The number of esters is 1. The number of hydrogen-bond acceptors (Lipinski definition) is 8. The molecule has 0 bridgehead atoms. The lowest BCUT2D eigenvalue weighted by Gasteiger charge is -2.33. The predicted molar refractivity (Wildman–Crippen MR) is 173 cm³/mol. The number of rotatable bonds is 11. The van der Waals surface area contributed by atoms with Crippen LogP contribution in [0.15, 0.2) is 72.8 Å². The Balaban J connectivity index is 1.29. The van der Waals surface area contributed by atoms with E-state index >= 15 is 0 Å². The first-order valence-corrected chi connectivity index (χ1v) is 15.1. The Morgan fingerprint density at radius 2 is 1.69 bits per heavy atom. The molecule has 1 atom stereocenters. The van der Waals surface area contributed by atoms with Gasteiger partial charge in [-0.2, -0.15) is 0 Å². The summed E-state index contributed by atoms with van der Waals surface area (Å²) in [6.45, 7) is 5.59. The molecule has 4 N–H and O–H groups in total. The van der Waals surface area contributed by atoms with Crippen molar-refractivity contribution in [1.29, 1.82) is 5.41 Å². The molecular weight excluding hydrogens is 570 g/mol. The number of anilines is 1. The summed E-state index contributed by atoms with van der Waals surface area (Å²) in [5.41, 5.74) is 3.16. The minimum absolute atomic E-state index is 0.0218. The van der Waals surface area contributed by atoms with Crippen LogP contribution in [0, 0.1) is 5.41 Å². The molecule has 1 unspecified atom stereocenters. The van der Waals surface area contributed by atoms with E-state index in [1.807, 2.05) is 59.8 Å². The Hall–Kier alpha value is -5.03. The SMILES string of the molecule is CCOC(=O)CNC(C)(C(=O)N1CCCC1)c1ccc2c(c1)nc(CNc1ccc(C(=N)NC(=O)c3ccccc3)cc1)n2C. The molecule has 11 nitrogen and oxygen atoms in total. The van der Waals surface area contributed by atoms with Gasteiger partial charge in [-0.25, -0.2) is 4.98 Å². The first-order chi connectivity index (χ1) is 21.7. The molecule has 1 fully saturated rings. The van der Waals surface area contributed by atoms with Gasteiger partial charge in [-0.05, 0) is 80.8 Å². The van der Waals surface area contributed by atoms with E-state index < -0.39 is 11.5 Å². The number of hydrogen-bond donors (Lipinski definition) is 4. The number of nitrogens with zero attached hydrogens (tertiary/aromatic N) is 3. The van der Waals surface area contributed by atoms with Gasteiger partial charge in [-0.15, -0.1) is 0 Å². The van der Waals surface area contributed by atoms with Crippen molar-refractivity contribution in [2.45, 2.75) is 38.8 Å². The van der Waals surface area contributed by atoms with Crippen LogP contribution >= 0.6 is 0 Å². The third-order valence-electron chi connectivity index (χ3n) is 8.16. The van der Waals surface area contributed by atoms with Crippen LogP contribution in [0.3, 0.4) is 0 Å². The Labute approximate surface area is 262 Å². The largest absolute Gasteiger partial charge is 0.465 e. The molecule has 1 aromatic heterocycles. The molecule has 45 heavy (non-hydrogen) atoms. The summed E-state index contributed by atoms with van der Waals surface area (Å²) in [6, 6.07) is 21.8. The van der Waals surface area contributed by atoms with Crippen molar-refractivity contribution < 1.29 is 19.1 Å². The molecule has 0 radical (unpaired) electrons. The van der Waals surface area contributed by atoms with Gasteiger partial charge in [0.15, 0.2) is 0 Å². The standard InChI is InChI=1S/C34H39N7O4/c1-4-45-30(42)22-37-34(2,33(44)41-18-8-9-19-41)25-14-17-28-27(20-25)38-29(40(28)3)21-36-26-15-12-23(13-16-26)31(35)39-32(43)24-10-6-5-7-11-24/h5-7,10-17,20,36-37H,4,8-9,18-19,21-22H2,1-3H3,(H2,35,39,43). The van der Waals surface area contributed by atoms with Crippen molar-refractivity contribution in [2.75, 3.05) is 31.6 Å². The highest BCUT2D eigenvalue weighted by atomic mass is 16.5. The minimum Gasteiger partial charge on any atom is -0.465 e. The zero-order valence-electron chi connectivity index (χ0n) is 25.9. The fourth-order valence-corrected chi connectivity index (χ4v) is 5.50. The molecule has 2 amide bonds. The lowest BCUT2D eigenvalue weighted by Crippen LogP contribution is -2.54. The Bertz CT molecular complexity index is 1700. The number of carbonyl (C=O) groups is 3. The number of amidine groups is 1. The van der Waals surface area contributed by atoms with E-state index in [0.717, 1.165) is 41.0 Å². The van der Waals surface area contributed by atoms with Crippen molar-refractivity contribution in [3.8, 4) is 0 Å². The van der Waals surface area contributed by atoms with Crippen LogP contribution in [-0.4, -0.2) is 64.3 Å². The summed E-state index contributed by atoms with van der Waals surface area (Å²) < 4.78 is 7.11. The van der Waals surface area contributed by atoms with Gasteiger partial charge >= 0.3 is 5.97 Å². The van der Waals surface area contributed by atoms with Crippen molar-refractivity contribution in [3.63, 3.8) is 0 Å². The van der Waals surface area contributed by atoms with Gasteiger partial charge < -0.3 is 24.8 Å². The molecule has 1 aliphatic rings. The van der Waals surface area contributed by atoms with E-state index in [2.05, 4.69) is 16.0 Å². The number of amides is 2. The molecule has 1 saturated heterocycles. The molecule has 0 aliphatic carbocycles. The molecule has 1 aliphatic heterocycles. The van der Waals surface area contributed by atoms with Crippen LogP contribution in [0.4, 0.5) is 5.69 Å². The summed E-state index contributed by atoms with van der Waals surface area (Å²) in [6.07, 6.45) is 1.93. The van der Waals surface area contributed by atoms with E-state index in [0.29, 0.717) is 30.8 Å². The highest BCUT2D eigenvalue weighted by Crippen LogP contribution is 2.29. The molecule has 5 rings (SSSR count). The second-order valence-electron chi connectivity index (χ2n) is 11.2. The summed E-state index contributed by atoms with van der Waals surface area (Å²) in [7, 11) is 1.94. The smallest absolute Gasteiger partial charge is 0.319 e. The topological polar surface area (TPSA) is 141 Å². The molecule has 234 valence electrons. The van der Waals surface area contributed by atoms with Crippen LogP contribution < -0.4 is 16.0 Å². The van der Waals surface area contributed by atoms with Gasteiger partial charge in [0, 0.05) is 37.0 Å². The third kappa shape index (κ3) is 7.04. The zero-order chi connectivity index (χ0) is 32.0. The monoisotopic (exact) mass is 609 g/mol. The van der Waals surface area contributed by atoms with E-state index in [-0.39, 0.29) is 30.8 Å². The maximum absolute atomic E-state index is 13.7. The number of nitrogens with one attached hydrogen (secondary N) is 4. The van der Waals surface area contributed by atoms with Crippen molar-refractivity contribution in [1.82, 2.24) is 25.1 Å². The van der Waals surface area contributed by atoms with Crippen molar-refractivity contribution >= 4 is 40.3 Å². The Morgan fingerprint density at radius 3 is 2.38 bits per heavy atom. The molecule has 2 heterocycles. The van der Waals surface area contributed by atoms with Gasteiger partial charge in [0.2, 0.25) is 5.91 Å². The number of benzene rings is 3. The summed E-state index contributed by atoms with van der Waals surface area (Å²) in [5, 5.41) is 17.5. The third-order valence-corrected chi connectivity index (χ3v) is 8.16. The molecule has 4 aromatic rings. The number of imidazole rings is 1. The maximum atomic E-state index is 13.7. The lowest BCUT2D eigenvalue weighted by atomic mass is 9.89. The van der Waals surface area contributed by atoms with E-state index in [1.165, 1.54) is 0 Å². The summed E-state index contributed by atoms with van der Waals surface area (Å²) in [5.74, 6) is 0.00244. The highest BCUT2D eigenvalue weighted by Gasteiger charge is 2.40. The number of carbonyl (C=O) groups excluding carboxylic acids is 3. The lowest BCUT2D eigenvalue weighted by molar-refractivity contribution is -0.143. The number of aromatic nitrogens is 2.